The van der Waals surface area contributed by atoms with Gasteiger partial charge in [-0.3, -0.25) is 0 Å². The van der Waals surface area contributed by atoms with E-state index < -0.39 is 27.6 Å². The summed E-state index contributed by atoms with van der Waals surface area (Å²) < 4.78 is 29.1. The average Bonchev–Trinajstić information content (AvgIpc) is 2.49. The molecule has 7 heteroatoms. The van der Waals surface area contributed by atoms with Crippen LogP contribution in [0, 0.1) is 0 Å². The molecule has 0 aliphatic rings. The Labute approximate surface area is 143 Å². The van der Waals surface area contributed by atoms with Crippen molar-refractivity contribution in [3.63, 3.8) is 0 Å². The van der Waals surface area contributed by atoms with Crippen molar-refractivity contribution in [2.24, 2.45) is 0 Å². The molecule has 24 heavy (non-hydrogen) atoms. The minimum absolute atomic E-state index is 0.181. The maximum Gasteiger partial charge on any atom is 0.407 e. The molecule has 6 nitrogen and oxygen atoms in total. The van der Waals surface area contributed by atoms with Gasteiger partial charge >= 0.3 is 6.09 Å². The number of aliphatic hydroxyl groups excluding tert-OH is 1. The van der Waals surface area contributed by atoms with E-state index in [9.17, 15) is 18.3 Å². The Morgan fingerprint density at radius 3 is 2.50 bits per heavy atom. The molecule has 0 fully saturated rings. The summed E-state index contributed by atoms with van der Waals surface area (Å²) in [6, 6.07) is 8.00. The van der Waals surface area contributed by atoms with Gasteiger partial charge in [-0.05, 0) is 51.8 Å². The first-order valence-corrected chi connectivity index (χ1v) is 9.28. The fourth-order valence-electron chi connectivity index (χ4n) is 1.79. The third kappa shape index (κ3) is 8.12. The van der Waals surface area contributed by atoms with Gasteiger partial charge in [0.1, 0.15) is 5.60 Å². The van der Waals surface area contributed by atoms with Crippen LogP contribution in [-0.4, -0.2) is 37.9 Å². The molecule has 1 atom stereocenters. The summed E-state index contributed by atoms with van der Waals surface area (Å²) in [6.45, 7) is 5.65. The Balaban J connectivity index is 2.36. The fraction of sp³-hybridized carbons (Fsp3) is 0.471. The lowest BCUT2D eigenvalue weighted by Crippen LogP contribution is -2.33. The summed E-state index contributed by atoms with van der Waals surface area (Å²) in [6.07, 6.45) is 0.658. The van der Waals surface area contributed by atoms with Gasteiger partial charge < -0.3 is 15.2 Å². The number of carbonyl (C=O) groups is 1. The van der Waals surface area contributed by atoms with Crippen molar-refractivity contribution in [2.75, 3.05) is 6.54 Å². The van der Waals surface area contributed by atoms with Crippen molar-refractivity contribution >= 4 is 15.9 Å². The number of hydrogen-bond acceptors (Lipinski definition) is 5. The van der Waals surface area contributed by atoms with E-state index in [2.05, 4.69) is 5.32 Å². The van der Waals surface area contributed by atoms with Crippen LogP contribution in [0.3, 0.4) is 0 Å². The summed E-state index contributed by atoms with van der Waals surface area (Å²) in [5.41, 5.74) is -0.557. The topological polar surface area (TPSA) is 92.7 Å². The van der Waals surface area contributed by atoms with Gasteiger partial charge in [-0.15, -0.1) is 0 Å². The van der Waals surface area contributed by atoms with Crippen LogP contribution in [0.4, 0.5) is 4.79 Å². The molecule has 1 rings (SSSR count). The van der Waals surface area contributed by atoms with Gasteiger partial charge in [-0.2, -0.15) is 0 Å². The highest BCUT2D eigenvalue weighted by Gasteiger charge is 2.15. The smallest absolute Gasteiger partial charge is 0.407 e. The summed E-state index contributed by atoms with van der Waals surface area (Å²) >= 11 is 0. The lowest BCUT2D eigenvalue weighted by molar-refractivity contribution is 0.0525. The Bertz CT molecular complexity index is 647. The fourth-order valence-corrected chi connectivity index (χ4v) is 2.88. The van der Waals surface area contributed by atoms with Crippen LogP contribution in [0.5, 0.6) is 0 Å². The quantitative estimate of drug-likeness (QED) is 0.734. The summed E-state index contributed by atoms with van der Waals surface area (Å²) in [5, 5.41) is 13.4. The van der Waals surface area contributed by atoms with Crippen LogP contribution in [-0.2, 0) is 14.6 Å². The highest BCUT2D eigenvalue weighted by Crippen LogP contribution is 2.12. The molecule has 1 unspecified atom stereocenters. The standard InChI is InChI=1S/C17H25NO5S/c1-17(2,3)23-16(20)18-12-7-8-14(19)11-13-24(21,22)15-9-5-4-6-10-15/h4-6,9-11,13-14,19H,7-8,12H2,1-3H3,(H,18,20)/b13-11+. The molecule has 0 radical (unpaired) electrons. The highest BCUT2D eigenvalue weighted by molar-refractivity contribution is 7.94. The normalized spacial score (nSPS) is 13.7. The summed E-state index contributed by atoms with van der Waals surface area (Å²) in [5.74, 6) is 0. The average molecular weight is 355 g/mol. The predicted molar refractivity (Wildman–Crippen MR) is 92.2 cm³/mol. The lowest BCUT2D eigenvalue weighted by atomic mass is 10.2. The lowest BCUT2D eigenvalue weighted by Gasteiger charge is -2.19. The Kier molecular flexibility index (Phi) is 7.44. The van der Waals surface area contributed by atoms with Gasteiger partial charge in [-0.1, -0.05) is 18.2 Å². The molecule has 0 aliphatic heterocycles. The van der Waals surface area contributed by atoms with Crippen LogP contribution in [0.1, 0.15) is 33.6 Å². The zero-order valence-corrected chi connectivity index (χ0v) is 15.0. The van der Waals surface area contributed by atoms with Crippen molar-refractivity contribution in [1.29, 1.82) is 0 Å². The van der Waals surface area contributed by atoms with Gasteiger partial charge in [0.15, 0.2) is 9.84 Å². The van der Waals surface area contributed by atoms with Crippen molar-refractivity contribution in [2.45, 2.75) is 50.2 Å². The largest absolute Gasteiger partial charge is 0.444 e. The maximum absolute atomic E-state index is 12.0. The second kappa shape index (κ2) is 8.84. The first kappa shape index (κ1) is 20.2. The summed E-state index contributed by atoms with van der Waals surface area (Å²) in [4.78, 5) is 11.6. The monoisotopic (exact) mass is 355 g/mol. The summed E-state index contributed by atoms with van der Waals surface area (Å²) in [7, 11) is -3.55. The maximum atomic E-state index is 12.0. The number of carbonyl (C=O) groups excluding carboxylic acids is 1. The van der Waals surface area contributed by atoms with E-state index in [0.29, 0.717) is 19.4 Å². The van der Waals surface area contributed by atoms with E-state index in [1.165, 1.54) is 18.2 Å². The van der Waals surface area contributed by atoms with Crippen molar-refractivity contribution in [1.82, 2.24) is 5.32 Å². The molecule has 1 amide bonds. The number of benzene rings is 1. The Hall–Kier alpha value is -1.86. The molecule has 0 heterocycles. The second-order valence-electron chi connectivity index (χ2n) is 6.32. The first-order chi connectivity index (χ1) is 11.1. The molecular weight excluding hydrogens is 330 g/mol. The molecule has 134 valence electrons. The van der Waals surface area contributed by atoms with Gasteiger partial charge in [-0.25, -0.2) is 13.2 Å². The van der Waals surface area contributed by atoms with E-state index in [-0.39, 0.29) is 4.90 Å². The van der Waals surface area contributed by atoms with E-state index >= 15 is 0 Å². The Morgan fingerprint density at radius 1 is 1.29 bits per heavy atom. The third-order valence-corrected chi connectivity index (χ3v) is 4.34. The number of rotatable bonds is 7. The molecule has 0 saturated carbocycles. The van der Waals surface area contributed by atoms with Gasteiger partial charge in [0.25, 0.3) is 0 Å². The van der Waals surface area contributed by atoms with Crippen molar-refractivity contribution in [3.05, 3.63) is 41.8 Å². The molecule has 0 aromatic heterocycles. The molecular formula is C17H25NO5S. The molecule has 2 N–H and O–H groups in total. The van der Waals surface area contributed by atoms with E-state index in [4.69, 9.17) is 4.74 Å². The van der Waals surface area contributed by atoms with Gasteiger partial charge in [0.05, 0.1) is 11.0 Å². The second-order valence-corrected chi connectivity index (χ2v) is 8.16. The molecule has 0 saturated heterocycles. The molecule has 0 bridgehead atoms. The van der Waals surface area contributed by atoms with E-state index in [1.807, 2.05) is 0 Å². The van der Waals surface area contributed by atoms with Crippen LogP contribution in [0.2, 0.25) is 0 Å². The molecule has 1 aromatic rings. The number of sulfone groups is 1. The van der Waals surface area contributed by atoms with Gasteiger partial charge in [0.2, 0.25) is 0 Å². The number of hydrogen-bond donors (Lipinski definition) is 2. The highest BCUT2D eigenvalue weighted by atomic mass is 32.2. The van der Waals surface area contributed by atoms with E-state index in [1.54, 1.807) is 39.0 Å². The molecule has 1 aromatic carbocycles. The zero-order valence-electron chi connectivity index (χ0n) is 14.2. The van der Waals surface area contributed by atoms with Crippen molar-refractivity contribution < 1.29 is 23.1 Å². The van der Waals surface area contributed by atoms with Gasteiger partial charge in [0, 0.05) is 12.0 Å². The number of alkyl carbamates (subject to hydrolysis) is 1. The molecule has 0 aliphatic carbocycles. The number of ether oxygens (including phenoxy) is 1. The van der Waals surface area contributed by atoms with Crippen LogP contribution in [0.15, 0.2) is 46.7 Å². The minimum atomic E-state index is -3.55. The Morgan fingerprint density at radius 2 is 1.92 bits per heavy atom. The SMILES string of the molecule is CC(C)(C)OC(=O)NCCCC(O)/C=C/S(=O)(=O)c1ccccc1. The first-order valence-electron chi connectivity index (χ1n) is 7.73. The number of amides is 1. The molecule has 0 spiro atoms. The minimum Gasteiger partial charge on any atom is -0.444 e. The zero-order chi connectivity index (χ0) is 18.2. The predicted octanol–water partition coefficient (Wildman–Crippen LogP) is 2.64. The van der Waals surface area contributed by atoms with Crippen LogP contribution >= 0.6 is 0 Å². The van der Waals surface area contributed by atoms with E-state index in [0.717, 1.165) is 5.41 Å². The number of nitrogens with one attached hydrogen (secondary N) is 1. The van der Waals surface area contributed by atoms with Crippen LogP contribution < -0.4 is 5.32 Å². The number of aliphatic hydroxyl groups is 1. The third-order valence-electron chi connectivity index (χ3n) is 2.90. The van der Waals surface area contributed by atoms with Crippen LogP contribution in [0.25, 0.3) is 0 Å². The van der Waals surface area contributed by atoms with Crippen molar-refractivity contribution in [3.8, 4) is 0 Å².